The minimum Gasteiger partial charge on any atom is -0.462 e. The van der Waals surface area contributed by atoms with Crippen LogP contribution in [0.4, 0.5) is 0 Å². The Morgan fingerprint density at radius 2 is 2.07 bits per heavy atom. The van der Waals surface area contributed by atoms with Crippen molar-refractivity contribution in [3.8, 4) is 6.07 Å². The molecule has 0 aliphatic carbocycles. The summed E-state index contributed by atoms with van der Waals surface area (Å²) in [5.74, 6) is 0.322. The maximum atomic E-state index is 12.0. The van der Waals surface area contributed by atoms with Crippen molar-refractivity contribution in [2.75, 3.05) is 13.2 Å². The highest BCUT2D eigenvalue weighted by atomic mass is 32.1. The number of aryl methyl sites for hydroxylation is 1. The van der Waals surface area contributed by atoms with Crippen molar-refractivity contribution in [3.63, 3.8) is 0 Å². The minimum atomic E-state index is -0.336. The van der Waals surface area contributed by atoms with E-state index in [1.54, 1.807) is 19.1 Å². The molecule has 0 aliphatic rings. The van der Waals surface area contributed by atoms with Gasteiger partial charge in [0.05, 0.1) is 36.5 Å². The third kappa shape index (κ3) is 5.79. The normalized spacial score (nSPS) is 12.2. The van der Waals surface area contributed by atoms with Gasteiger partial charge in [-0.25, -0.2) is 14.8 Å². The molecule has 1 aromatic carbocycles. The first-order valence-corrected chi connectivity index (χ1v) is 9.98. The first kappa shape index (κ1) is 21.4. The second kappa shape index (κ2) is 10.4. The van der Waals surface area contributed by atoms with Crippen LogP contribution < -0.4 is 10.6 Å². The van der Waals surface area contributed by atoms with Crippen molar-refractivity contribution in [1.29, 1.82) is 5.26 Å². The van der Waals surface area contributed by atoms with E-state index >= 15 is 0 Å². The van der Waals surface area contributed by atoms with Crippen LogP contribution in [0.25, 0.3) is 0 Å². The Kier molecular flexibility index (Phi) is 7.96. The molecule has 0 saturated carbocycles. The molecule has 0 spiro atoms. The number of ether oxygens (including phenoxy) is 1. The first-order valence-electron chi connectivity index (χ1n) is 9.16. The smallest absolute Gasteiger partial charge is 0.350 e. The van der Waals surface area contributed by atoms with Crippen LogP contribution in [-0.4, -0.2) is 30.1 Å². The van der Waals surface area contributed by atoms with Crippen LogP contribution in [0.1, 0.15) is 58.3 Å². The lowest BCUT2D eigenvalue weighted by Gasteiger charge is -2.16. The Morgan fingerprint density at radius 3 is 2.68 bits per heavy atom. The zero-order valence-corrected chi connectivity index (χ0v) is 17.4. The Labute approximate surface area is 169 Å². The molecule has 0 fully saturated rings. The zero-order valence-electron chi connectivity index (χ0n) is 16.6. The molecule has 7 nitrogen and oxygen atoms in total. The summed E-state index contributed by atoms with van der Waals surface area (Å²) in [6, 6.07) is 9.34. The van der Waals surface area contributed by atoms with E-state index in [4.69, 9.17) is 10.00 Å². The number of nitriles is 1. The number of rotatable bonds is 7. The molecule has 0 amide bonds. The Hall–Kier alpha value is -2.92. The SMILES string of the molecule is CCNC(=NCc1ccc(C#N)cc1)NC(C)c1nc(C)c(C(=O)OCC)s1. The van der Waals surface area contributed by atoms with Crippen molar-refractivity contribution in [3.05, 3.63) is 51.0 Å². The fraction of sp³-hybridized carbons (Fsp3) is 0.400. The summed E-state index contributed by atoms with van der Waals surface area (Å²) < 4.78 is 5.08. The number of hydrogen-bond donors (Lipinski definition) is 2. The van der Waals surface area contributed by atoms with E-state index in [1.165, 1.54) is 11.3 Å². The van der Waals surface area contributed by atoms with Crippen molar-refractivity contribution in [1.82, 2.24) is 15.6 Å². The molecule has 0 bridgehead atoms. The van der Waals surface area contributed by atoms with E-state index in [-0.39, 0.29) is 12.0 Å². The highest BCUT2D eigenvalue weighted by Gasteiger charge is 2.20. The standard InChI is InChI=1S/C20H25N5O2S/c1-5-22-20(23-12-16-9-7-15(11-21)8-10-16)25-14(4)18-24-13(3)17(28-18)19(26)27-6-2/h7-10,14H,5-6,12H2,1-4H3,(H2,22,23,25). The van der Waals surface area contributed by atoms with Crippen molar-refractivity contribution < 1.29 is 9.53 Å². The van der Waals surface area contributed by atoms with Crippen LogP contribution in [0.5, 0.6) is 0 Å². The van der Waals surface area contributed by atoms with E-state index in [0.717, 1.165) is 17.1 Å². The van der Waals surface area contributed by atoms with Crippen LogP contribution in [0.3, 0.4) is 0 Å². The van der Waals surface area contributed by atoms with Crippen LogP contribution in [0.15, 0.2) is 29.3 Å². The minimum absolute atomic E-state index is 0.120. The molecular formula is C20H25N5O2S. The molecule has 0 saturated heterocycles. The average Bonchev–Trinajstić information content (AvgIpc) is 3.09. The molecule has 1 atom stereocenters. The Bertz CT molecular complexity index is 868. The summed E-state index contributed by atoms with van der Waals surface area (Å²) in [5.41, 5.74) is 2.31. The van der Waals surface area contributed by atoms with Crippen molar-refractivity contribution in [2.45, 2.75) is 40.3 Å². The number of benzene rings is 1. The Balaban J connectivity index is 2.09. The van der Waals surface area contributed by atoms with Gasteiger partial charge in [-0.05, 0) is 45.4 Å². The van der Waals surface area contributed by atoms with Gasteiger partial charge in [-0.15, -0.1) is 11.3 Å². The number of carbonyl (C=O) groups excluding carboxylic acids is 1. The van der Waals surface area contributed by atoms with Crippen LogP contribution in [0, 0.1) is 18.3 Å². The molecular weight excluding hydrogens is 374 g/mol. The molecule has 1 unspecified atom stereocenters. The molecule has 2 aromatic rings. The van der Waals surface area contributed by atoms with Gasteiger partial charge in [-0.1, -0.05) is 12.1 Å². The second-order valence-electron chi connectivity index (χ2n) is 6.06. The van der Waals surface area contributed by atoms with E-state index in [0.29, 0.717) is 35.2 Å². The number of aliphatic imine (C=N–C) groups is 1. The van der Waals surface area contributed by atoms with Gasteiger partial charge in [0, 0.05) is 6.54 Å². The van der Waals surface area contributed by atoms with Gasteiger partial charge in [0.25, 0.3) is 0 Å². The van der Waals surface area contributed by atoms with Gasteiger partial charge >= 0.3 is 5.97 Å². The number of thiazole rings is 1. The van der Waals surface area contributed by atoms with Gasteiger partial charge in [0.2, 0.25) is 0 Å². The van der Waals surface area contributed by atoms with Crippen LogP contribution in [0.2, 0.25) is 0 Å². The summed E-state index contributed by atoms with van der Waals surface area (Å²) in [4.78, 5) is 21.6. The largest absolute Gasteiger partial charge is 0.462 e. The number of aromatic nitrogens is 1. The number of nitrogens with zero attached hydrogens (tertiary/aromatic N) is 3. The lowest BCUT2D eigenvalue weighted by molar-refractivity contribution is 0.0531. The lowest BCUT2D eigenvalue weighted by atomic mass is 10.1. The number of esters is 1. The molecule has 0 radical (unpaired) electrons. The van der Waals surface area contributed by atoms with Gasteiger partial charge < -0.3 is 15.4 Å². The molecule has 148 valence electrons. The Morgan fingerprint density at radius 1 is 1.36 bits per heavy atom. The molecule has 2 rings (SSSR count). The summed E-state index contributed by atoms with van der Waals surface area (Å²) in [7, 11) is 0. The van der Waals surface area contributed by atoms with Crippen molar-refractivity contribution >= 4 is 23.3 Å². The molecule has 8 heteroatoms. The van der Waals surface area contributed by atoms with E-state index in [1.807, 2.05) is 32.9 Å². The fourth-order valence-electron chi connectivity index (χ4n) is 2.43. The predicted octanol–water partition coefficient (Wildman–Crippen LogP) is 3.32. The maximum Gasteiger partial charge on any atom is 0.350 e. The lowest BCUT2D eigenvalue weighted by Crippen LogP contribution is -2.38. The quantitative estimate of drug-likeness (QED) is 0.421. The molecule has 2 N–H and O–H groups in total. The summed E-state index contributed by atoms with van der Waals surface area (Å²) >= 11 is 1.33. The third-order valence-electron chi connectivity index (χ3n) is 3.84. The number of guanidine groups is 1. The number of hydrogen-bond acceptors (Lipinski definition) is 6. The topological polar surface area (TPSA) is 99.4 Å². The fourth-order valence-corrected chi connectivity index (χ4v) is 3.39. The number of carbonyl (C=O) groups is 1. The van der Waals surface area contributed by atoms with Gasteiger partial charge in [0.15, 0.2) is 5.96 Å². The predicted molar refractivity (Wildman–Crippen MR) is 110 cm³/mol. The van der Waals surface area contributed by atoms with Gasteiger partial charge in [0.1, 0.15) is 9.88 Å². The molecule has 1 heterocycles. The second-order valence-corrected chi connectivity index (χ2v) is 7.09. The molecule has 0 aliphatic heterocycles. The highest BCUT2D eigenvalue weighted by Crippen LogP contribution is 2.24. The number of nitrogens with one attached hydrogen (secondary N) is 2. The average molecular weight is 400 g/mol. The van der Waals surface area contributed by atoms with Crippen LogP contribution in [-0.2, 0) is 11.3 Å². The summed E-state index contributed by atoms with van der Waals surface area (Å²) in [6.07, 6.45) is 0. The summed E-state index contributed by atoms with van der Waals surface area (Å²) in [6.45, 7) is 9.11. The third-order valence-corrected chi connectivity index (χ3v) is 5.16. The van der Waals surface area contributed by atoms with Gasteiger partial charge in [-0.2, -0.15) is 5.26 Å². The highest BCUT2D eigenvalue weighted by molar-refractivity contribution is 7.13. The van der Waals surface area contributed by atoms with Crippen LogP contribution >= 0.6 is 11.3 Å². The first-order chi connectivity index (χ1) is 13.5. The van der Waals surface area contributed by atoms with Crippen molar-refractivity contribution in [2.24, 2.45) is 4.99 Å². The van der Waals surface area contributed by atoms with E-state index in [9.17, 15) is 4.79 Å². The van der Waals surface area contributed by atoms with E-state index < -0.39 is 0 Å². The maximum absolute atomic E-state index is 12.0. The zero-order chi connectivity index (χ0) is 20.5. The summed E-state index contributed by atoms with van der Waals surface area (Å²) in [5, 5.41) is 16.2. The van der Waals surface area contributed by atoms with Gasteiger partial charge in [-0.3, -0.25) is 0 Å². The molecule has 28 heavy (non-hydrogen) atoms. The molecule has 1 aromatic heterocycles. The monoisotopic (exact) mass is 399 g/mol. The van der Waals surface area contributed by atoms with E-state index in [2.05, 4.69) is 26.7 Å².